The molecule has 0 aliphatic rings. The van der Waals surface area contributed by atoms with Crippen molar-refractivity contribution in [3.63, 3.8) is 0 Å². The molecule has 0 aliphatic heterocycles. The van der Waals surface area contributed by atoms with Crippen LogP contribution in [0.15, 0.2) is 48.5 Å². The third-order valence-electron chi connectivity index (χ3n) is 6.29. The van der Waals surface area contributed by atoms with E-state index in [0.29, 0.717) is 5.75 Å². The molecule has 0 radical (unpaired) electrons. The molecule has 0 unspecified atom stereocenters. The first-order valence-electron chi connectivity index (χ1n) is 13.6. The molecule has 2 aromatic carbocycles. The minimum atomic E-state index is 0.163. The number of unbranched alkanes of at least 4 members (excludes halogenated alkanes) is 15. The Bertz CT molecular complexity index is 716. The van der Waals surface area contributed by atoms with Crippen molar-refractivity contribution in [2.75, 3.05) is 11.9 Å². The van der Waals surface area contributed by atoms with Gasteiger partial charge >= 0.3 is 0 Å². The van der Waals surface area contributed by atoms with Gasteiger partial charge in [0.15, 0.2) is 11.5 Å². The number of ether oxygens (including phenoxy) is 1. The van der Waals surface area contributed by atoms with Gasteiger partial charge in [0.1, 0.15) is 5.75 Å². The summed E-state index contributed by atoms with van der Waals surface area (Å²) in [6.07, 6.45) is 22.2. The number of benzene rings is 2. The first-order valence-corrected chi connectivity index (χ1v) is 13.6. The molecule has 2 aromatic rings. The fraction of sp³-hybridized carbons (Fsp3) is 0.600. The van der Waals surface area contributed by atoms with E-state index in [1.165, 1.54) is 103 Å². The van der Waals surface area contributed by atoms with Gasteiger partial charge < -0.3 is 15.2 Å². The summed E-state index contributed by atoms with van der Waals surface area (Å²) in [4.78, 5) is 0. The minimum absolute atomic E-state index is 0.163. The van der Waals surface area contributed by atoms with Crippen LogP contribution in [0.4, 0.5) is 5.69 Å². The highest BCUT2D eigenvalue weighted by molar-refractivity contribution is 5.55. The Morgan fingerprint density at radius 1 is 0.636 bits per heavy atom. The fourth-order valence-corrected chi connectivity index (χ4v) is 4.23. The highest BCUT2D eigenvalue weighted by Gasteiger charge is 2.05. The van der Waals surface area contributed by atoms with E-state index in [4.69, 9.17) is 4.74 Å². The maximum Gasteiger partial charge on any atom is 0.169 e. The van der Waals surface area contributed by atoms with Crippen molar-refractivity contribution in [1.29, 1.82) is 0 Å². The second kappa shape index (κ2) is 18.3. The van der Waals surface area contributed by atoms with Crippen LogP contribution in [0.25, 0.3) is 0 Å². The second-order valence-electron chi connectivity index (χ2n) is 9.33. The van der Waals surface area contributed by atoms with Gasteiger partial charge in [-0.2, -0.15) is 0 Å². The van der Waals surface area contributed by atoms with Crippen LogP contribution in [0.1, 0.15) is 110 Å². The molecule has 3 heteroatoms. The summed E-state index contributed by atoms with van der Waals surface area (Å²) in [6.45, 7) is 3.23. The molecule has 2 rings (SSSR count). The molecule has 0 heterocycles. The van der Waals surface area contributed by atoms with Crippen molar-refractivity contribution in [1.82, 2.24) is 0 Å². The smallest absolute Gasteiger partial charge is 0.169 e. The Kier molecular flexibility index (Phi) is 15.0. The van der Waals surface area contributed by atoms with Gasteiger partial charge in [-0.1, -0.05) is 121 Å². The zero-order valence-corrected chi connectivity index (χ0v) is 21.0. The van der Waals surface area contributed by atoms with Crippen molar-refractivity contribution in [3.05, 3.63) is 48.5 Å². The molecule has 0 aliphatic carbocycles. The number of rotatable bonds is 20. The molecular weight excluding hydrogens is 406 g/mol. The van der Waals surface area contributed by atoms with Crippen molar-refractivity contribution in [2.24, 2.45) is 0 Å². The molecule has 33 heavy (non-hydrogen) atoms. The van der Waals surface area contributed by atoms with Crippen molar-refractivity contribution >= 4 is 5.69 Å². The third kappa shape index (κ3) is 13.2. The van der Waals surface area contributed by atoms with Crippen molar-refractivity contribution in [3.8, 4) is 17.2 Å². The van der Waals surface area contributed by atoms with E-state index in [2.05, 4.69) is 12.2 Å². The normalized spacial score (nSPS) is 10.9. The molecule has 184 valence electrons. The Morgan fingerprint density at radius 2 is 1.15 bits per heavy atom. The molecule has 0 atom stereocenters. The number of phenols is 1. The van der Waals surface area contributed by atoms with Crippen molar-refractivity contribution in [2.45, 2.75) is 110 Å². The summed E-state index contributed by atoms with van der Waals surface area (Å²) in [5, 5.41) is 13.6. The predicted octanol–water partition coefficient (Wildman–Crippen LogP) is 9.86. The van der Waals surface area contributed by atoms with E-state index >= 15 is 0 Å². The molecule has 3 nitrogen and oxygen atoms in total. The molecule has 0 saturated heterocycles. The monoisotopic (exact) mass is 453 g/mol. The van der Waals surface area contributed by atoms with Gasteiger partial charge in [-0.25, -0.2) is 0 Å². The topological polar surface area (TPSA) is 41.5 Å². The Balaban J connectivity index is 1.39. The van der Waals surface area contributed by atoms with Gasteiger partial charge in [0.25, 0.3) is 0 Å². The van der Waals surface area contributed by atoms with E-state index in [-0.39, 0.29) is 5.75 Å². The van der Waals surface area contributed by atoms with Gasteiger partial charge in [0.2, 0.25) is 0 Å². The average molecular weight is 454 g/mol. The molecule has 0 saturated carbocycles. The number of para-hydroxylation sites is 1. The molecule has 0 bridgehead atoms. The van der Waals surface area contributed by atoms with E-state index < -0.39 is 0 Å². The molecule has 0 spiro atoms. The second-order valence-corrected chi connectivity index (χ2v) is 9.33. The number of hydrogen-bond donors (Lipinski definition) is 2. The van der Waals surface area contributed by atoms with Crippen LogP contribution in [-0.2, 0) is 0 Å². The lowest BCUT2D eigenvalue weighted by atomic mass is 10.0. The van der Waals surface area contributed by atoms with Crippen LogP contribution in [0.2, 0.25) is 0 Å². The van der Waals surface area contributed by atoms with Gasteiger partial charge in [-0.15, -0.1) is 0 Å². The van der Waals surface area contributed by atoms with E-state index in [0.717, 1.165) is 18.0 Å². The van der Waals surface area contributed by atoms with E-state index in [1.54, 1.807) is 6.07 Å². The Hall–Kier alpha value is -2.16. The van der Waals surface area contributed by atoms with Crippen LogP contribution in [0.5, 0.6) is 17.2 Å². The number of anilines is 1. The molecule has 0 aromatic heterocycles. The zero-order valence-electron chi connectivity index (χ0n) is 21.0. The summed E-state index contributed by atoms with van der Waals surface area (Å²) in [6, 6.07) is 15.1. The van der Waals surface area contributed by atoms with Gasteiger partial charge in [0, 0.05) is 18.3 Å². The van der Waals surface area contributed by atoms with Crippen LogP contribution in [-0.4, -0.2) is 11.7 Å². The van der Waals surface area contributed by atoms with Gasteiger partial charge in [0.05, 0.1) is 0 Å². The lowest BCUT2D eigenvalue weighted by molar-refractivity contribution is 0.411. The van der Waals surface area contributed by atoms with Crippen LogP contribution in [0, 0.1) is 0 Å². The number of phenolic OH excluding ortho intramolecular Hbond substituents is 1. The SMILES string of the molecule is CCCCCCCCCCCCCCCCCCNc1ccc(Oc2ccccc2)c(O)c1. The summed E-state index contributed by atoms with van der Waals surface area (Å²) < 4.78 is 5.72. The minimum Gasteiger partial charge on any atom is -0.504 e. The van der Waals surface area contributed by atoms with E-state index in [1.807, 2.05) is 42.5 Å². The zero-order chi connectivity index (χ0) is 23.4. The number of hydrogen-bond acceptors (Lipinski definition) is 3. The standard InChI is InChI=1S/C30H47NO2/c1-2-3-4-5-6-7-8-9-10-11-12-13-14-15-16-20-25-31-27-23-24-30(29(32)26-27)33-28-21-18-17-19-22-28/h17-19,21-24,26,31-32H,2-16,20,25H2,1H3. The van der Waals surface area contributed by atoms with Crippen LogP contribution < -0.4 is 10.1 Å². The first-order chi connectivity index (χ1) is 16.3. The largest absolute Gasteiger partial charge is 0.504 e. The Labute approximate surface area is 203 Å². The number of nitrogens with one attached hydrogen (secondary N) is 1. The lowest BCUT2D eigenvalue weighted by Crippen LogP contribution is -2.01. The predicted molar refractivity (Wildman–Crippen MR) is 143 cm³/mol. The highest BCUT2D eigenvalue weighted by atomic mass is 16.5. The molecule has 0 fully saturated rings. The molecular formula is C30H47NO2. The van der Waals surface area contributed by atoms with Gasteiger partial charge in [-0.05, 0) is 30.7 Å². The maximum absolute atomic E-state index is 10.2. The maximum atomic E-state index is 10.2. The molecule has 0 amide bonds. The summed E-state index contributed by atoms with van der Waals surface area (Å²) in [7, 11) is 0. The lowest BCUT2D eigenvalue weighted by Gasteiger charge is -2.11. The Morgan fingerprint density at radius 3 is 1.67 bits per heavy atom. The average Bonchev–Trinajstić information content (AvgIpc) is 2.83. The van der Waals surface area contributed by atoms with Crippen LogP contribution >= 0.6 is 0 Å². The third-order valence-corrected chi connectivity index (χ3v) is 6.29. The quantitative estimate of drug-likeness (QED) is 0.196. The highest BCUT2D eigenvalue weighted by Crippen LogP contribution is 2.32. The summed E-state index contributed by atoms with van der Waals surface area (Å²) >= 11 is 0. The molecule has 2 N–H and O–H groups in total. The summed E-state index contributed by atoms with van der Waals surface area (Å²) in [5.41, 5.74) is 0.939. The number of aromatic hydroxyl groups is 1. The first kappa shape index (κ1) is 27.1. The summed E-state index contributed by atoms with van der Waals surface area (Å²) in [5.74, 6) is 1.37. The van der Waals surface area contributed by atoms with E-state index in [9.17, 15) is 5.11 Å². The van der Waals surface area contributed by atoms with Crippen molar-refractivity contribution < 1.29 is 9.84 Å². The fourth-order valence-electron chi connectivity index (χ4n) is 4.23. The van der Waals surface area contributed by atoms with Crippen LogP contribution in [0.3, 0.4) is 0 Å². The van der Waals surface area contributed by atoms with Gasteiger partial charge in [-0.3, -0.25) is 0 Å².